The van der Waals surface area contributed by atoms with E-state index in [1.807, 2.05) is 6.92 Å². The van der Waals surface area contributed by atoms with Gasteiger partial charge in [-0.25, -0.2) is 9.79 Å². The maximum atomic E-state index is 12.2. The summed E-state index contributed by atoms with van der Waals surface area (Å²) >= 11 is 9.74. The van der Waals surface area contributed by atoms with E-state index in [2.05, 4.69) is 32.8 Å². The first-order chi connectivity index (χ1) is 12.3. The van der Waals surface area contributed by atoms with Crippen LogP contribution in [0.3, 0.4) is 0 Å². The number of rotatable bonds is 4. The number of ether oxygens (including phenoxy) is 1. The van der Waals surface area contributed by atoms with Gasteiger partial charge in [0, 0.05) is 23.4 Å². The molecule has 0 saturated carbocycles. The van der Waals surface area contributed by atoms with Crippen LogP contribution in [0.1, 0.15) is 12.5 Å². The van der Waals surface area contributed by atoms with Gasteiger partial charge in [-0.1, -0.05) is 18.2 Å². The molecule has 0 unspecified atom stereocenters. The van der Waals surface area contributed by atoms with Crippen molar-refractivity contribution in [3.63, 3.8) is 0 Å². The second kappa shape index (κ2) is 8.46. The van der Waals surface area contributed by atoms with Gasteiger partial charge in [0.15, 0.2) is 0 Å². The van der Waals surface area contributed by atoms with E-state index in [4.69, 9.17) is 27.8 Å². The summed E-state index contributed by atoms with van der Waals surface area (Å²) in [5, 5.41) is 3.21. The number of likely N-dealkylation sites (tertiary alicyclic amines) is 1. The number of nitrogens with one attached hydrogen (secondary N) is 1. The van der Waals surface area contributed by atoms with Crippen molar-refractivity contribution < 1.29 is 9.53 Å². The number of carbonyl (C=O) groups is 1. The number of nitrogens with two attached hydrogens (primary N) is 2. The Morgan fingerprint density at radius 2 is 2.15 bits per heavy atom. The Bertz CT molecular complexity index is 807. The second-order valence-corrected chi connectivity index (χ2v) is 6.86. The predicted octanol–water partition coefficient (Wildman–Crippen LogP) is 2.70. The molecule has 140 valence electrons. The summed E-state index contributed by atoms with van der Waals surface area (Å²) in [6.07, 6.45) is 0. The van der Waals surface area contributed by atoms with Crippen LogP contribution in [0.15, 0.2) is 39.6 Å². The van der Waals surface area contributed by atoms with Gasteiger partial charge >= 0.3 is 6.03 Å². The number of hydrogen-bond acceptors (Lipinski definition) is 5. The van der Waals surface area contributed by atoms with Crippen LogP contribution >= 0.6 is 27.5 Å². The molecule has 2 amide bonds. The highest BCUT2D eigenvalue weighted by molar-refractivity contribution is 9.10. The molecule has 1 aliphatic rings. The average molecular weight is 443 g/mol. The highest BCUT2D eigenvalue weighted by atomic mass is 79.9. The Morgan fingerprint density at radius 1 is 1.46 bits per heavy atom. The molecule has 0 bridgehead atoms. The van der Waals surface area contributed by atoms with E-state index in [9.17, 15) is 4.79 Å². The highest BCUT2D eigenvalue weighted by Crippen LogP contribution is 2.35. The van der Waals surface area contributed by atoms with Gasteiger partial charge in [-0.15, -0.1) is 0 Å². The molecule has 1 aromatic rings. The van der Waals surface area contributed by atoms with Crippen molar-refractivity contribution in [2.45, 2.75) is 6.92 Å². The van der Waals surface area contributed by atoms with Crippen LogP contribution in [-0.4, -0.2) is 43.4 Å². The van der Waals surface area contributed by atoms with Crippen LogP contribution in [0.4, 0.5) is 4.79 Å². The minimum absolute atomic E-state index is 0.141. The molecular formula is C17H21BrClN5O2. The zero-order valence-corrected chi connectivity index (χ0v) is 16.9. The average Bonchev–Trinajstić information content (AvgIpc) is 2.98. The zero-order valence-electron chi connectivity index (χ0n) is 14.6. The molecule has 7 nitrogen and oxygen atoms in total. The Morgan fingerprint density at radius 3 is 2.73 bits per heavy atom. The third-order valence-electron chi connectivity index (χ3n) is 3.79. The number of benzene rings is 1. The van der Waals surface area contributed by atoms with Gasteiger partial charge in [-0.05, 0) is 35.0 Å². The molecule has 0 spiro atoms. The summed E-state index contributed by atoms with van der Waals surface area (Å²) in [7, 11) is 1.55. The summed E-state index contributed by atoms with van der Waals surface area (Å²) in [5.41, 5.74) is 14.3. The van der Waals surface area contributed by atoms with E-state index in [1.54, 1.807) is 24.1 Å². The third-order valence-corrected chi connectivity index (χ3v) is 4.72. The molecule has 0 aliphatic carbocycles. The number of methoxy groups -OCH3 is 1. The molecule has 1 aliphatic heterocycles. The maximum Gasteiger partial charge on any atom is 0.318 e. The lowest BCUT2D eigenvalue weighted by atomic mass is 10.0. The van der Waals surface area contributed by atoms with Crippen molar-refractivity contribution >= 4 is 45.0 Å². The van der Waals surface area contributed by atoms with E-state index >= 15 is 0 Å². The fraction of sp³-hybridized carbons (Fsp3) is 0.294. The highest BCUT2D eigenvalue weighted by Gasteiger charge is 2.30. The Labute approximate surface area is 165 Å². The minimum Gasteiger partial charge on any atom is -0.496 e. The maximum absolute atomic E-state index is 12.2. The lowest BCUT2D eigenvalue weighted by molar-refractivity contribution is 0.212. The van der Waals surface area contributed by atoms with E-state index in [1.165, 1.54) is 0 Å². The number of urea groups is 1. The fourth-order valence-corrected chi connectivity index (χ4v) is 3.49. The predicted molar refractivity (Wildman–Crippen MR) is 108 cm³/mol. The first-order valence-electron chi connectivity index (χ1n) is 7.85. The monoisotopic (exact) mass is 441 g/mol. The lowest BCUT2D eigenvalue weighted by Crippen LogP contribution is -2.38. The van der Waals surface area contributed by atoms with Gasteiger partial charge in [-0.2, -0.15) is 0 Å². The molecule has 0 atom stereocenters. The Balaban J connectivity index is 2.53. The minimum atomic E-state index is -0.204. The molecule has 0 radical (unpaired) electrons. The van der Waals surface area contributed by atoms with E-state index in [0.717, 1.165) is 0 Å². The van der Waals surface area contributed by atoms with Crippen molar-refractivity contribution in [3.8, 4) is 5.75 Å². The van der Waals surface area contributed by atoms with Gasteiger partial charge in [0.25, 0.3) is 0 Å². The molecule has 2 rings (SSSR count). The van der Waals surface area contributed by atoms with Crippen molar-refractivity contribution in [1.29, 1.82) is 0 Å². The van der Waals surface area contributed by atoms with Crippen LogP contribution in [0, 0.1) is 0 Å². The van der Waals surface area contributed by atoms with Crippen LogP contribution in [0.25, 0.3) is 5.70 Å². The second-order valence-electron chi connectivity index (χ2n) is 5.60. The topological polar surface area (TPSA) is 106 Å². The summed E-state index contributed by atoms with van der Waals surface area (Å²) in [6.45, 7) is 6.55. The standard InChI is InChI=1S/C17H21BrClN5O2/c1-4-22-17(25)24-7-11(14(8-24)23-9(2)20)16(21)10-5-15(26-3)12(18)6-13(10)19/h5-6H,2,4,7-8,20-21H2,1,3H3,(H,22,25)/b16-11-,23-14?. The van der Waals surface area contributed by atoms with Crippen LogP contribution in [0.5, 0.6) is 5.75 Å². The van der Waals surface area contributed by atoms with Gasteiger partial charge in [0.1, 0.15) is 11.6 Å². The van der Waals surface area contributed by atoms with Gasteiger partial charge < -0.3 is 26.4 Å². The number of aliphatic imine (C=N–C) groups is 1. The Hall–Kier alpha value is -2.19. The molecule has 1 aromatic carbocycles. The number of nitrogens with zero attached hydrogens (tertiary/aromatic N) is 2. The Kier molecular flexibility index (Phi) is 6.55. The summed E-state index contributed by atoms with van der Waals surface area (Å²) in [4.78, 5) is 18.0. The van der Waals surface area contributed by atoms with E-state index < -0.39 is 0 Å². The molecular weight excluding hydrogens is 422 g/mol. The van der Waals surface area contributed by atoms with Crippen molar-refractivity contribution in [3.05, 3.63) is 45.2 Å². The summed E-state index contributed by atoms with van der Waals surface area (Å²) < 4.78 is 6.03. The number of halogens is 2. The van der Waals surface area contributed by atoms with Crippen molar-refractivity contribution in [2.75, 3.05) is 26.7 Å². The largest absolute Gasteiger partial charge is 0.496 e. The summed E-state index contributed by atoms with van der Waals surface area (Å²) in [5.74, 6) is 0.732. The van der Waals surface area contributed by atoms with Crippen LogP contribution in [-0.2, 0) is 0 Å². The smallest absolute Gasteiger partial charge is 0.318 e. The molecule has 1 fully saturated rings. The fourth-order valence-electron chi connectivity index (χ4n) is 2.59. The summed E-state index contributed by atoms with van der Waals surface area (Å²) in [6, 6.07) is 3.24. The SMILES string of the molecule is C=C(N)N=C1CN(C(=O)NCC)C/C1=C(/N)c1cc(OC)c(Br)cc1Cl. The number of amides is 2. The number of hydrogen-bond donors (Lipinski definition) is 3. The lowest BCUT2D eigenvalue weighted by Gasteiger charge is -2.15. The van der Waals surface area contributed by atoms with Gasteiger partial charge in [0.2, 0.25) is 0 Å². The third kappa shape index (κ3) is 4.31. The molecule has 1 heterocycles. The van der Waals surface area contributed by atoms with Gasteiger partial charge in [0.05, 0.1) is 35.4 Å². The number of carbonyl (C=O) groups excluding carboxylic acids is 1. The van der Waals surface area contributed by atoms with Crippen molar-refractivity contribution in [1.82, 2.24) is 10.2 Å². The zero-order chi connectivity index (χ0) is 19.4. The van der Waals surface area contributed by atoms with Crippen LogP contribution in [0.2, 0.25) is 5.02 Å². The molecule has 0 aromatic heterocycles. The first kappa shape index (κ1) is 20.1. The molecule has 5 N–H and O–H groups in total. The van der Waals surface area contributed by atoms with Crippen LogP contribution < -0.4 is 21.5 Å². The normalized spacial score (nSPS) is 17.4. The quantitative estimate of drug-likeness (QED) is 0.666. The molecule has 1 saturated heterocycles. The van der Waals surface area contributed by atoms with E-state index in [-0.39, 0.29) is 18.4 Å². The van der Waals surface area contributed by atoms with Gasteiger partial charge in [-0.3, -0.25) is 0 Å². The van der Waals surface area contributed by atoms with E-state index in [0.29, 0.717) is 50.9 Å². The molecule has 26 heavy (non-hydrogen) atoms. The van der Waals surface area contributed by atoms with Crippen molar-refractivity contribution in [2.24, 2.45) is 16.5 Å². The molecule has 9 heteroatoms. The first-order valence-corrected chi connectivity index (χ1v) is 9.02.